The van der Waals surface area contributed by atoms with Gasteiger partial charge in [-0.1, -0.05) is 38.4 Å². The van der Waals surface area contributed by atoms with Crippen molar-refractivity contribution in [3.8, 4) is 34.5 Å². The lowest BCUT2D eigenvalue weighted by molar-refractivity contribution is -0.138. The zero-order valence-corrected chi connectivity index (χ0v) is 40.9. The summed E-state index contributed by atoms with van der Waals surface area (Å²) in [5.41, 5.74) is 4.02. The van der Waals surface area contributed by atoms with Gasteiger partial charge >= 0.3 is 35.8 Å². The van der Waals surface area contributed by atoms with E-state index in [2.05, 4.69) is 36.8 Å². The molecule has 5 aromatic carbocycles. The number of carbonyl (C=O) groups excluding carboxylic acids is 6. The molecule has 5 aromatic rings. The van der Waals surface area contributed by atoms with Gasteiger partial charge in [-0.15, -0.1) is 0 Å². The molecule has 380 valence electrons. The number of fused-ring (bicyclic) bond motifs is 1. The van der Waals surface area contributed by atoms with E-state index in [9.17, 15) is 28.8 Å². The molecule has 16 heteroatoms. The van der Waals surface area contributed by atoms with Crippen molar-refractivity contribution in [2.75, 3.05) is 31.9 Å². The summed E-state index contributed by atoms with van der Waals surface area (Å²) in [5.74, 6) is -3.07. The first-order chi connectivity index (χ1) is 35.2. The molecule has 0 aromatic heterocycles. The van der Waals surface area contributed by atoms with Crippen LogP contribution in [0.3, 0.4) is 0 Å². The second kappa shape index (κ2) is 28.8. The molecular weight excluding hydrogens is 937 g/mol. The van der Waals surface area contributed by atoms with Crippen LogP contribution >= 0.6 is 0 Å². The molecule has 1 N–H and O–H groups in total. The lowest BCUT2D eigenvalue weighted by Crippen LogP contribution is -2.16. The molecular formula is C57H58N2O14. The fraction of sp³-hybridized carbons (Fsp3) is 0.246. The molecule has 5 rings (SSSR count). The Kier molecular flexibility index (Phi) is 21.7. The highest BCUT2D eigenvalue weighted by molar-refractivity contribution is 5.99. The van der Waals surface area contributed by atoms with Crippen molar-refractivity contribution >= 4 is 58.5 Å². The normalized spacial score (nSPS) is 10.7. The average Bonchev–Trinajstić information content (AvgIpc) is 3.39. The summed E-state index contributed by atoms with van der Waals surface area (Å²) in [6, 6.07) is 25.8. The lowest BCUT2D eigenvalue weighted by atomic mass is 10.1. The minimum Gasteiger partial charge on any atom is -0.494 e. The summed E-state index contributed by atoms with van der Waals surface area (Å²) >= 11 is 0. The molecule has 0 saturated heterocycles. The zero-order valence-electron chi connectivity index (χ0n) is 40.9. The molecule has 0 unspecified atom stereocenters. The molecule has 73 heavy (non-hydrogen) atoms. The van der Waals surface area contributed by atoms with Crippen molar-refractivity contribution in [2.24, 2.45) is 5.10 Å². The van der Waals surface area contributed by atoms with Crippen LogP contribution in [-0.2, 0) is 28.7 Å². The number of esters is 6. The second-order valence-corrected chi connectivity index (χ2v) is 16.3. The monoisotopic (exact) mass is 994 g/mol. The number of hydrogen-bond acceptors (Lipinski definition) is 16. The Hall–Kier alpha value is -8.79. The van der Waals surface area contributed by atoms with Crippen molar-refractivity contribution in [3.05, 3.63) is 163 Å². The molecule has 0 fully saturated rings. The van der Waals surface area contributed by atoms with Crippen molar-refractivity contribution in [1.29, 1.82) is 0 Å². The van der Waals surface area contributed by atoms with Crippen LogP contribution in [0, 0.1) is 0 Å². The van der Waals surface area contributed by atoms with Crippen LogP contribution in [0.4, 0.5) is 5.69 Å². The van der Waals surface area contributed by atoms with Crippen LogP contribution in [0.2, 0.25) is 0 Å². The lowest BCUT2D eigenvalue weighted by Gasteiger charge is -2.16. The van der Waals surface area contributed by atoms with Gasteiger partial charge in [-0.3, -0.25) is 5.43 Å². The Morgan fingerprint density at radius 1 is 0.507 bits per heavy atom. The van der Waals surface area contributed by atoms with Crippen molar-refractivity contribution in [1.82, 2.24) is 0 Å². The van der Waals surface area contributed by atoms with Crippen molar-refractivity contribution < 1.29 is 66.7 Å². The minimum absolute atomic E-state index is 0.0212. The van der Waals surface area contributed by atoms with Crippen LogP contribution in [0.5, 0.6) is 34.5 Å². The molecule has 0 heterocycles. The number of hydrogen-bond donors (Lipinski definition) is 1. The van der Waals surface area contributed by atoms with E-state index < -0.39 is 35.8 Å². The maximum absolute atomic E-state index is 13.7. The largest absolute Gasteiger partial charge is 0.494 e. The summed E-state index contributed by atoms with van der Waals surface area (Å²) < 4.78 is 44.6. The van der Waals surface area contributed by atoms with Crippen LogP contribution in [0.25, 0.3) is 10.8 Å². The number of benzene rings is 5. The first-order valence-corrected chi connectivity index (χ1v) is 23.5. The fourth-order valence-electron chi connectivity index (χ4n) is 6.51. The highest BCUT2D eigenvalue weighted by atomic mass is 16.6. The maximum atomic E-state index is 13.7. The number of unbranched alkanes of at least 4 members (excludes halogenated alkanes) is 6. The van der Waals surface area contributed by atoms with Gasteiger partial charge in [0.2, 0.25) is 0 Å². The third-order valence-electron chi connectivity index (χ3n) is 10.4. The quantitative estimate of drug-likeness (QED) is 0.0118. The van der Waals surface area contributed by atoms with E-state index in [0.29, 0.717) is 49.4 Å². The van der Waals surface area contributed by atoms with Crippen LogP contribution < -0.4 is 33.8 Å². The number of hydrazone groups is 1. The predicted octanol–water partition coefficient (Wildman–Crippen LogP) is 11.0. The van der Waals surface area contributed by atoms with E-state index >= 15 is 0 Å². The van der Waals surface area contributed by atoms with Gasteiger partial charge in [-0.25, -0.2) is 28.8 Å². The fourth-order valence-corrected chi connectivity index (χ4v) is 6.51. The molecule has 0 radical (unpaired) electrons. The number of rotatable bonds is 29. The Morgan fingerprint density at radius 2 is 0.959 bits per heavy atom. The van der Waals surface area contributed by atoms with Gasteiger partial charge in [-0.05, 0) is 161 Å². The smallest absolute Gasteiger partial charge is 0.343 e. The number of ether oxygens (including phenoxy) is 8. The van der Waals surface area contributed by atoms with Crippen LogP contribution in [-0.4, -0.2) is 68.5 Å². The van der Waals surface area contributed by atoms with E-state index in [-0.39, 0.29) is 45.1 Å². The SMILES string of the molecule is C=CC(=O)OCCCCCCOc1ccc(C(=O)Oc2ccc(OC(=O)c3ccc(OCCCCCCOC(=O)C=C)cc3)c(OC(=O)C(=C)C)c2/C=N/Nc2ccc3cc(OC(=O)C(=C)C)ccc3c2)cc1. The summed E-state index contributed by atoms with van der Waals surface area (Å²) in [6.45, 7) is 18.6. The number of nitrogens with zero attached hydrogens (tertiary/aromatic N) is 1. The molecule has 0 spiro atoms. The predicted molar refractivity (Wildman–Crippen MR) is 276 cm³/mol. The van der Waals surface area contributed by atoms with Gasteiger partial charge in [0.05, 0.1) is 55.0 Å². The summed E-state index contributed by atoms with van der Waals surface area (Å²) in [6.07, 6.45) is 9.93. The maximum Gasteiger partial charge on any atom is 0.343 e. The average molecular weight is 995 g/mol. The number of anilines is 1. The second-order valence-electron chi connectivity index (χ2n) is 16.3. The molecule has 0 bridgehead atoms. The van der Waals surface area contributed by atoms with Gasteiger partial charge in [0.1, 0.15) is 23.0 Å². The Bertz CT molecular complexity index is 2830. The topological polar surface area (TPSA) is 201 Å². The molecule has 16 nitrogen and oxygen atoms in total. The molecule has 0 aliphatic rings. The number of carbonyl (C=O) groups is 6. The first-order valence-electron chi connectivity index (χ1n) is 23.5. The van der Waals surface area contributed by atoms with Crippen LogP contribution in [0.1, 0.15) is 91.5 Å². The first kappa shape index (κ1) is 55.1. The summed E-state index contributed by atoms with van der Waals surface area (Å²) in [4.78, 5) is 75.0. The molecule has 0 aliphatic heterocycles. The van der Waals surface area contributed by atoms with Gasteiger partial charge in [0.25, 0.3) is 0 Å². The highest BCUT2D eigenvalue weighted by Gasteiger charge is 2.24. The van der Waals surface area contributed by atoms with Crippen LogP contribution in [0.15, 0.2) is 152 Å². The van der Waals surface area contributed by atoms with Crippen molar-refractivity contribution in [2.45, 2.75) is 65.2 Å². The van der Waals surface area contributed by atoms with Gasteiger partial charge in [-0.2, -0.15) is 5.10 Å². The molecule has 0 saturated carbocycles. The van der Waals surface area contributed by atoms with Gasteiger partial charge < -0.3 is 37.9 Å². The Morgan fingerprint density at radius 3 is 1.48 bits per heavy atom. The van der Waals surface area contributed by atoms with E-state index in [0.717, 1.165) is 74.3 Å². The Labute approximate surface area is 423 Å². The van der Waals surface area contributed by atoms with E-state index in [1.165, 1.54) is 49.5 Å². The summed E-state index contributed by atoms with van der Waals surface area (Å²) in [5, 5.41) is 5.95. The van der Waals surface area contributed by atoms with E-state index in [1.54, 1.807) is 67.6 Å². The van der Waals surface area contributed by atoms with E-state index in [1.807, 2.05) is 0 Å². The molecule has 0 aliphatic carbocycles. The molecule has 0 amide bonds. The molecule has 0 atom stereocenters. The minimum atomic E-state index is -0.867. The third-order valence-corrected chi connectivity index (χ3v) is 10.4. The Balaban J connectivity index is 1.34. The standard InChI is InChI=1S/C57H58N2O14/c1-7-51(60)68-33-15-11-9-13-31-66-45-24-18-40(19-25-45)56(64)71-49-29-30-50(72-57(65)41-20-26-46(27-21-41)67-32-14-10-12-16-34-69-52(61)8-2)53(73-55(63)39(5)6)48(49)37-58-59-44-23-17-43-36-47(28-22-42(43)35-44)70-54(62)38(3)4/h7-8,17-30,35-37,59H,1-3,5,9-16,31-34H2,4,6H3/b58-37+. The van der Waals surface area contributed by atoms with Gasteiger partial charge in [0, 0.05) is 23.3 Å². The highest BCUT2D eigenvalue weighted by Crippen LogP contribution is 2.38. The number of nitrogens with one attached hydrogen (secondary N) is 1. The summed E-state index contributed by atoms with van der Waals surface area (Å²) in [7, 11) is 0. The van der Waals surface area contributed by atoms with Crippen molar-refractivity contribution in [3.63, 3.8) is 0 Å². The third kappa shape index (κ3) is 18.2. The van der Waals surface area contributed by atoms with Gasteiger partial charge in [0.15, 0.2) is 11.5 Å². The van der Waals surface area contributed by atoms with E-state index in [4.69, 9.17) is 37.9 Å². The zero-order chi connectivity index (χ0) is 52.5.